The van der Waals surface area contributed by atoms with Gasteiger partial charge in [0.15, 0.2) is 5.78 Å². The van der Waals surface area contributed by atoms with Crippen LogP contribution in [0.4, 0.5) is 0 Å². The number of aromatic nitrogens is 2. The van der Waals surface area contributed by atoms with E-state index in [0.717, 1.165) is 15.2 Å². The molecular formula is C18H18N2O3S2. The first kappa shape index (κ1) is 17.7. The molecule has 0 bridgehead atoms. The molecule has 5 nitrogen and oxygen atoms in total. The maximum Gasteiger partial charge on any atom is 0.176 e. The Bertz CT molecular complexity index is 937. The summed E-state index contributed by atoms with van der Waals surface area (Å²) in [7, 11) is 3.13. The molecule has 0 fully saturated rings. The van der Waals surface area contributed by atoms with Crippen molar-refractivity contribution in [1.29, 1.82) is 0 Å². The van der Waals surface area contributed by atoms with Gasteiger partial charge in [-0.25, -0.2) is 9.97 Å². The molecule has 0 amide bonds. The van der Waals surface area contributed by atoms with Crippen LogP contribution in [0.25, 0.3) is 10.2 Å². The minimum Gasteiger partial charge on any atom is -0.497 e. The van der Waals surface area contributed by atoms with Gasteiger partial charge in [0.25, 0.3) is 0 Å². The fourth-order valence-corrected chi connectivity index (χ4v) is 4.50. The Balaban J connectivity index is 1.84. The second-order valence-corrected chi connectivity index (χ2v) is 7.59. The van der Waals surface area contributed by atoms with E-state index in [2.05, 4.69) is 23.8 Å². The van der Waals surface area contributed by atoms with Crippen LogP contribution < -0.4 is 9.47 Å². The predicted molar refractivity (Wildman–Crippen MR) is 101 cm³/mol. The molecule has 0 aliphatic carbocycles. The van der Waals surface area contributed by atoms with Gasteiger partial charge in [-0.1, -0.05) is 11.8 Å². The van der Waals surface area contributed by atoms with Gasteiger partial charge in [0.05, 0.1) is 25.5 Å². The van der Waals surface area contributed by atoms with Crippen LogP contribution in [0.1, 0.15) is 20.8 Å². The van der Waals surface area contributed by atoms with Crippen molar-refractivity contribution in [2.75, 3.05) is 20.0 Å². The van der Waals surface area contributed by atoms with Crippen molar-refractivity contribution >= 4 is 39.1 Å². The summed E-state index contributed by atoms with van der Waals surface area (Å²) in [5.41, 5.74) is 1.72. The molecule has 0 aliphatic heterocycles. The summed E-state index contributed by atoms with van der Waals surface area (Å²) in [6.07, 6.45) is 1.55. The SMILES string of the molecule is COc1ccc(C(=O)CSc2ncnc3sc(C)c(C)c23)c(OC)c1. The molecule has 0 atom stereocenters. The fraction of sp³-hybridized carbons (Fsp3) is 0.278. The molecule has 0 saturated heterocycles. The molecule has 1 aromatic carbocycles. The standard InChI is InChI=1S/C18H18N2O3S2/c1-10-11(2)25-18-16(10)17(19-9-20-18)24-8-14(21)13-6-5-12(22-3)7-15(13)23-4/h5-7,9H,8H2,1-4H3. The number of carbonyl (C=O) groups excluding carboxylic acids is 1. The van der Waals surface area contributed by atoms with E-state index in [4.69, 9.17) is 9.47 Å². The second kappa shape index (κ2) is 7.41. The maximum absolute atomic E-state index is 12.6. The zero-order chi connectivity index (χ0) is 18.0. The van der Waals surface area contributed by atoms with Crippen LogP contribution >= 0.6 is 23.1 Å². The largest absolute Gasteiger partial charge is 0.497 e. The Morgan fingerprint density at radius 1 is 1.20 bits per heavy atom. The highest BCUT2D eigenvalue weighted by Crippen LogP contribution is 2.35. The summed E-state index contributed by atoms with van der Waals surface area (Å²) < 4.78 is 10.5. The van der Waals surface area contributed by atoms with Crippen molar-refractivity contribution in [2.24, 2.45) is 0 Å². The minimum atomic E-state index is -0.0131. The van der Waals surface area contributed by atoms with Gasteiger partial charge in [0.2, 0.25) is 0 Å². The Hall–Kier alpha value is -2.12. The lowest BCUT2D eigenvalue weighted by Gasteiger charge is -2.09. The molecule has 7 heteroatoms. The van der Waals surface area contributed by atoms with Gasteiger partial charge in [-0.05, 0) is 31.5 Å². The average molecular weight is 374 g/mol. The van der Waals surface area contributed by atoms with E-state index in [1.807, 2.05) is 0 Å². The minimum absolute atomic E-state index is 0.0131. The number of nitrogens with zero attached hydrogens (tertiary/aromatic N) is 2. The first-order chi connectivity index (χ1) is 12.0. The van der Waals surface area contributed by atoms with Crippen molar-refractivity contribution < 1.29 is 14.3 Å². The zero-order valence-electron chi connectivity index (χ0n) is 14.5. The third kappa shape index (κ3) is 3.48. The lowest BCUT2D eigenvalue weighted by atomic mass is 10.1. The fourth-order valence-electron chi connectivity index (χ4n) is 2.50. The first-order valence-corrected chi connectivity index (χ1v) is 9.44. The van der Waals surface area contributed by atoms with Crippen LogP contribution in [0, 0.1) is 13.8 Å². The molecule has 0 radical (unpaired) electrons. The number of aryl methyl sites for hydroxylation is 2. The van der Waals surface area contributed by atoms with Gasteiger partial charge in [-0.2, -0.15) is 0 Å². The Morgan fingerprint density at radius 3 is 2.72 bits per heavy atom. The van der Waals surface area contributed by atoms with Crippen molar-refractivity contribution in [3.8, 4) is 11.5 Å². The van der Waals surface area contributed by atoms with Crippen molar-refractivity contribution in [3.05, 3.63) is 40.5 Å². The molecule has 3 rings (SSSR count). The van der Waals surface area contributed by atoms with Gasteiger partial charge in [-0.15, -0.1) is 11.3 Å². The summed E-state index contributed by atoms with van der Waals surface area (Å²) in [4.78, 5) is 23.5. The quantitative estimate of drug-likeness (QED) is 0.364. The van der Waals surface area contributed by atoms with E-state index in [1.54, 1.807) is 50.1 Å². The first-order valence-electron chi connectivity index (χ1n) is 7.64. The van der Waals surface area contributed by atoms with Gasteiger partial charge >= 0.3 is 0 Å². The summed E-state index contributed by atoms with van der Waals surface area (Å²) in [5.74, 6) is 1.44. The van der Waals surface area contributed by atoms with Crippen LogP contribution in [0.2, 0.25) is 0 Å². The van der Waals surface area contributed by atoms with E-state index in [0.29, 0.717) is 17.1 Å². The van der Waals surface area contributed by atoms with Gasteiger partial charge < -0.3 is 9.47 Å². The molecule has 0 spiro atoms. The van der Waals surface area contributed by atoms with E-state index in [-0.39, 0.29) is 11.5 Å². The Kier molecular flexibility index (Phi) is 5.24. The molecule has 0 N–H and O–H groups in total. The summed E-state index contributed by atoms with van der Waals surface area (Å²) in [5, 5.41) is 1.89. The number of methoxy groups -OCH3 is 2. The van der Waals surface area contributed by atoms with Crippen molar-refractivity contribution in [2.45, 2.75) is 18.9 Å². The second-order valence-electron chi connectivity index (χ2n) is 5.42. The number of thioether (sulfide) groups is 1. The number of benzene rings is 1. The number of hydrogen-bond acceptors (Lipinski definition) is 7. The number of Topliss-reactive ketones (excluding diaryl/α,β-unsaturated/α-hetero) is 1. The number of ketones is 1. The lowest BCUT2D eigenvalue weighted by Crippen LogP contribution is -2.05. The highest BCUT2D eigenvalue weighted by molar-refractivity contribution is 8.00. The zero-order valence-corrected chi connectivity index (χ0v) is 16.1. The third-order valence-corrected chi connectivity index (χ3v) is 6.08. The van der Waals surface area contributed by atoms with Crippen molar-refractivity contribution in [1.82, 2.24) is 9.97 Å². The van der Waals surface area contributed by atoms with E-state index >= 15 is 0 Å². The van der Waals surface area contributed by atoms with Gasteiger partial charge in [-0.3, -0.25) is 4.79 Å². The topological polar surface area (TPSA) is 61.3 Å². The Labute approximate surface area is 154 Å². The van der Waals surface area contributed by atoms with Crippen LogP contribution in [0.5, 0.6) is 11.5 Å². The molecule has 2 aromatic heterocycles. The van der Waals surface area contributed by atoms with E-state index in [9.17, 15) is 4.79 Å². The predicted octanol–water partition coefficient (Wildman–Crippen LogP) is 4.30. The highest BCUT2D eigenvalue weighted by atomic mass is 32.2. The smallest absolute Gasteiger partial charge is 0.176 e. The molecule has 0 aliphatic rings. The van der Waals surface area contributed by atoms with Crippen LogP contribution in [0.15, 0.2) is 29.6 Å². The van der Waals surface area contributed by atoms with Crippen LogP contribution in [0.3, 0.4) is 0 Å². The average Bonchev–Trinajstić information content (AvgIpc) is 2.93. The summed E-state index contributed by atoms with van der Waals surface area (Å²) in [6, 6.07) is 5.21. The third-order valence-electron chi connectivity index (χ3n) is 3.98. The number of fused-ring (bicyclic) bond motifs is 1. The van der Waals surface area contributed by atoms with Crippen molar-refractivity contribution in [3.63, 3.8) is 0 Å². The normalized spacial score (nSPS) is 10.9. The van der Waals surface area contributed by atoms with Gasteiger partial charge in [0.1, 0.15) is 27.7 Å². The molecule has 0 unspecified atom stereocenters. The van der Waals surface area contributed by atoms with E-state index < -0.39 is 0 Å². The van der Waals surface area contributed by atoms with Gasteiger partial charge in [0, 0.05) is 16.3 Å². The number of carbonyl (C=O) groups is 1. The van der Waals surface area contributed by atoms with Crippen LogP contribution in [-0.2, 0) is 0 Å². The molecular weight excluding hydrogens is 356 g/mol. The molecule has 2 heterocycles. The maximum atomic E-state index is 12.6. The number of ether oxygens (including phenoxy) is 2. The summed E-state index contributed by atoms with van der Waals surface area (Å²) in [6.45, 7) is 4.14. The molecule has 25 heavy (non-hydrogen) atoms. The Morgan fingerprint density at radius 2 is 2.00 bits per heavy atom. The van der Waals surface area contributed by atoms with Crippen LogP contribution in [-0.4, -0.2) is 35.7 Å². The number of rotatable bonds is 6. The number of thiophene rings is 1. The molecule has 0 saturated carbocycles. The van der Waals surface area contributed by atoms with E-state index in [1.165, 1.54) is 22.2 Å². The lowest BCUT2D eigenvalue weighted by molar-refractivity contribution is 0.101. The molecule has 130 valence electrons. The monoisotopic (exact) mass is 374 g/mol. The highest BCUT2D eigenvalue weighted by Gasteiger charge is 2.17. The number of hydrogen-bond donors (Lipinski definition) is 0. The summed E-state index contributed by atoms with van der Waals surface area (Å²) >= 11 is 3.08. The molecule has 3 aromatic rings.